The molecular formula is C85H140O16P2. The number of aliphatic hydroxyl groups excluding tert-OH is 2. The first-order valence-corrected chi connectivity index (χ1v) is 42.4. The highest BCUT2D eigenvalue weighted by Crippen LogP contribution is 2.45. The molecule has 0 aliphatic heterocycles. The Morgan fingerprint density at radius 3 is 0.767 bits per heavy atom. The molecule has 5 atom stereocenters. The van der Waals surface area contributed by atoms with Crippen molar-refractivity contribution in [1.82, 2.24) is 0 Å². The third kappa shape index (κ3) is 77.8. The van der Waals surface area contributed by atoms with Crippen molar-refractivity contribution in [3.8, 4) is 0 Å². The highest BCUT2D eigenvalue weighted by atomic mass is 31.2. The van der Waals surface area contributed by atoms with Gasteiger partial charge in [0.05, 0.1) is 26.4 Å². The van der Waals surface area contributed by atoms with Crippen LogP contribution >= 0.6 is 15.6 Å². The maximum Gasteiger partial charge on any atom is 0.472 e. The van der Waals surface area contributed by atoms with E-state index in [1.54, 1.807) is 0 Å². The van der Waals surface area contributed by atoms with Crippen LogP contribution in [0.15, 0.2) is 170 Å². The highest BCUT2D eigenvalue weighted by Gasteiger charge is 2.29. The average Bonchev–Trinajstić information content (AvgIpc) is 0.914. The Kier molecular flexibility index (Phi) is 72.8. The van der Waals surface area contributed by atoms with E-state index in [4.69, 9.17) is 32.3 Å². The molecule has 0 aliphatic carbocycles. The first kappa shape index (κ1) is 97.9. The number of unbranched alkanes of at least 4 members (excludes halogenated alkanes) is 22. The fourth-order valence-corrected chi connectivity index (χ4v) is 11.6. The van der Waals surface area contributed by atoms with Gasteiger partial charge in [0.25, 0.3) is 0 Å². The molecule has 586 valence electrons. The molecule has 0 fully saturated rings. The van der Waals surface area contributed by atoms with Crippen LogP contribution in [0.25, 0.3) is 0 Å². The third-order valence-corrected chi connectivity index (χ3v) is 17.8. The molecule has 0 bridgehead atoms. The van der Waals surface area contributed by atoms with Gasteiger partial charge in [0.15, 0.2) is 6.10 Å². The van der Waals surface area contributed by atoms with Crippen LogP contribution in [0.3, 0.4) is 0 Å². The number of phosphoric ester groups is 2. The lowest BCUT2D eigenvalue weighted by atomic mass is 10.0. The van der Waals surface area contributed by atoms with E-state index in [0.717, 1.165) is 173 Å². The number of allylic oxidation sites excluding steroid dienone is 28. The Balaban J connectivity index is 4.60. The molecule has 4 N–H and O–H groups in total. The molecule has 0 rings (SSSR count). The first-order valence-electron chi connectivity index (χ1n) is 39.4. The van der Waals surface area contributed by atoms with Crippen LogP contribution in [0.4, 0.5) is 0 Å². The number of hydrogen-bond acceptors (Lipinski definition) is 14. The monoisotopic (exact) mass is 1480 g/mol. The van der Waals surface area contributed by atoms with Gasteiger partial charge in [-0.3, -0.25) is 32.5 Å². The molecule has 0 saturated heterocycles. The number of carbonyl (C=O) groups excluding carboxylic acids is 3. The van der Waals surface area contributed by atoms with E-state index in [1.807, 2.05) is 0 Å². The van der Waals surface area contributed by atoms with E-state index in [9.17, 15) is 43.5 Å². The van der Waals surface area contributed by atoms with Crippen LogP contribution in [0.1, 0.15) is 290 Å². The van der Waals surface area contributed by atoms with Gasteiger partial charge in [-0.05, 0) is 148 Å². The Labute approximate surface area is 624 Å². The Morgan fingerprint density at radius 1 is 0.272 bits per heavy atom. The summed E-state index contributed by atoms with van der Waals surface area (Å²) < 4.78 is 61.1. The van der Waals surface area contributed by atoms with E-state index in [2.05, 4.69) is 191 Å². The Morgan fingerprint density at radius 2 is 0.485 bits per heavy atom. The molecule has 0 heterocycles. The zero-order chi connectivity index (χ0) is 75.2. The summed E-state index contributed by atoms with van der Waals surface area (Å²) in [5, 5.41) is 20.6. The van der Waals surface area contributed by atoms with E-state index in [-0.39, 0.29) is 19.3 Å². The standard InChI is InChI=1S/C85H140O16P2/c1-4-7-10-13-16-19-22-25-28-31-33-35-36-37-38-39-40-41-42-44-46-48-50-53-56-59-62-65-68-71-83(88)95-74-80(86)75-97-102(91,92)98-76-81(87)77-99-103(93,94)100-79-82(101-85(90)73-70-67-64-61-58-55-52-47-30-27-24-21-18-15-12-9-6-3)78-96-84(89)72-69-66-63-60-57-54-51-49-45-43-34-32-29-26-23-20-17-14-11-8-5-2/h7-12,16-21,25-30,33-35,37-38,43,49,51-52,55,80-82,86-87H,4-6,13-15,22-24,31-32,36,39-42,44-48,50,53-54,56-79H2,1-3H3,(H,91,92)(H,93,94)/b10-7-,11-8-,12-9-,19-16-,20-17-,21-18-,28-25-,29-26-,30-27-,35-33-,38-37-,43-34-,51-49-,55-52-. The molecule has 0 spiro atoms. The second kappa shape index (κ2) is 76.6. The van der Waals surface area contributed by atoms with Crippen molar-refractivity contribution in [2.24, 2.45) is 0 Å². The average molecular weight is 1480 g/mol. The molecule has 5 unspecified atom stereocenters. The second-order valence-electron chi connectivity index (χ2n) is 25.7. The fraction of sp³-hybridized carbons (Fsp3) is 0.635. The fourth-order valence-electron chi connectivity index (χ4n) is 10.0. The van der Waals surface area contributed by atoms with Gasteiger partial charge in [-0.2, -0.15) is 0 Å². The predicted molar refractivity (Wildman–Crippen MR) is 426 cm³/mol. The SMILES string of the molecule is CC/C=C\C/C=C\C/C=C\C/C=C\C/C=C\CCCCCCCCCCCCCCCC(=O)OCC(O)COP(=O)(O)OCC(O)COP(=O)(O)OCC(COC(=O)CCCCCCC/C=C\C/C=C\C/C=C\C/C=C\C/C=C\CC)OC(=O)CCCCCC/C=C\C/C=C\C/C=C\C/C=C\CC. The Hall–Kier alpha value is -5.09. The van der Waals surface area contributed by atoms with Gasteiger partial charge in [0.2, 0.25) is 0 Å². The Bertz CT molecular complexity index is 2550. The van der Waals surface area contributed by atoms with E-state index in [1.165, 1.54) is 57.8 Å². The second-order valence-corrected chi connectivity index (χ2v) is 28.6. The van der Waals surface area contributed by atoms with Gasteiger partial charge in [-0.15, -0.1) is 0 Å². The predicted octanol–water partition coefficient (Wildman–Crippen LogP) is 23.2. The molecule has 103 heavy (non-hydrogen) atoms. The molecule has 0 aromatic heterocycles. The van der Waals surface area contributed by atoms with Crippen LogP contribution in [-0.4, -0.2) is 95.9 Å². The summed E-state index contributed by atoms with van der Waals surface area (Å²) in [6, 6.07) is 0. The zero-order valence-corrected chi connectivity index (χ0v) is 65.7. The summed E-state index contributed by atoms with van der Waals surface area (Å²) in [4.78, 5) is 58.7. The molecule has 0 saturated carbocycles. The number of ether oxygens (including phenoxy) is 3. The van der Waals surface area contributed by atoms with Crippen molar-refractivity contribution in [3.05, 3.63) is 170 Å². The number of hydrogen-bond donors (Lipinski definition) is 4. The number of rotatable bonds is 73. The minimum Gasteiger partial charge on any atom is -0.463 e. The van der Waals surface area contributed by atoms with E-state index in [0.29, 0.717) is 19.3 Å². The zero-order valence-electron chi connectivity index (χ0n) is 63.9. The van der Waals surface area contributed by atoms with Crippen molar-refractivity contribution in [1.29, 1.82) is 0 Å². The lowest BCUT2D eigenvalue weighted by Crippen LogP contribution is -2.30. The van der Waals surface area contributed by atoms with Crippen molar-refractivity contribution >= 4 is 33.6 Å². The molecule has 0 aromatic rings. The smallest absolute Gasteiger partial charge is 0.463 e. The van der Waals surface area contributed by atoms with Crippen LogP contribution in [0, 0.1) is 0 Å². The van der Waals surface area contributed by atoms with Gasteiger partial charge in [0.1, 0.15) is 25.4 Å². The van der Waals surface area contributed by atoms with Gasteiger partial charge in [0, 0.05) is 19.3 Å². The lowest BCUT2D eigenvalue weighted by molar-refractivity contribution is -0.161. The molecule has 0 amide bonds. The van der Waals surface area contributed by atoms with Crippen LogP contribution in [0.5, 0.6) is 0 Å². The van der Waals surface area contributed by atoms with Gasteiger partial charge in [-0.25, -0.2) is 9.13 Å². The summed E-state index contributed by atoms with van der Waals surface area (Å²) >= 11 is 0. The van der Waals surface area contributed by atoms with E-state index < -0.39 is 91.5 Å². The summed E-state index contributed by atoms with van der Waals surface area (Å²) in [5.41, 5.74) is 0. The van der Waals surface area contributed by atoms with Crippen molar-refractivity contribution in [2.75, 3.05) is 39.6 Å². The maximum atomic E-state index is 13.0. The largest absolute Gasteiger partial charge is 0.472 e. The van der Waals surface area contributed by atoms with Gasteiger partial charge in [-0.1, -0.05) is 294 Å². The van der Waals surface area contributed by atoms with E-state index >= 15 is 0 Å². The topological polar surface area (TPSA) is 231 Å². The first-order chi connectivity index (χ1) is 50.2. The summed E-state index contributed by atoms with van der Waals surface area (Å²) in [7, 11) is -9.82. The summed E-state index contributed by atoms with van der Waals surface area (Å²) in [6.07, 6.45) is 96.8. The minimum atomic E-state index is -4.95. The third-order valence-electron chi connectivity index (χ3n) is 15.9. The number of aliphatic hydroxyl groups is 2. The molecule has 0 aliphatic rings. The van der Waals surface area contributed by atoms with Gasteiger partial charge < -0.3 is 34.2 Å². The number of carbonyl (C=O) groups is 3. The quantitative estimate of drug-likeness (QED) is 0.0146. The normalized spacial score (nSPS) is 14.9. The molecule has 0 aromatic carbocycles. The van der Waals surface area contributed by atoms with Gasteiger partial charge >= 0.3 is 33.6 Å². The summed E-state index contributed by atoms with van der Waals surface area (Å²) in [5.74, 6) is -1.63. The highest BCUT2D eigenvalue weighted by molar-refractivity contribution is 7.47. The van der Waals surface area contributed by atoms with Crippen molar-refractivity contribution in [2.45, 2.75) is 309 Å². The van der Waals surface area contributed by atoms with Crippen LogP contribution < -0.4 is 0 Å². The van der Waals surface area contributed by atoms with Crippen LogP contribution in [-0.2, 0) is 55.8 Å². The molecule has 18 heteroatoms. The molecule has 0 radical (unpaired) electrons. The maximum absolute atomic E-state index is 13.0. The van der Waals surface area contributed by atoms with Crippen molar-refractivity contribution in [3.63, 3.8) is 0 Å². The lowest BCUT2D eigenvalue weighted by Gasteiger charge is -2.21. The number of esters is 3. The molecular weight excluding hydrogens is 1340 g/mol. The number of phosphoric acid groups is 2. The molecule has 16 nitrogen and oxygen atoms in total. The minimum absolute atomic E-state index is 0.0661. The van der Waals surface area contributed by atoms with Crippen molar-refractivity contribution < 1.29 is 75.8 Å². The summed E-state index contributed by atoms with van der Waals surface area (Å²) in [6.45, 7) is 2.28. The van der Waals surface area contributed by atoms with Crippen LogP contribution in [0.2, 0.25) is 0 Å².